The number of rotatable bonds is 1. The topological polar surface area (TPSA) is 13.1 Å². The molecular weight excluding hydrogens is 176 g/mol. The van der Waals surface area contributed by atoms with E-state index in [1.54, 1.807) is 6.07 Å². The van der Waals surface area contributed by atoms with E-state index < -0.39 is 0 Å². The Kier molecular flexibility index (Phi) is 1.82. The molecule has 0 amide bonds. The molecule has 0 unspecified atom stereocenters. The molecule has 0 aliphatic rings. The molecule has 0 spiro atoms. The van der Waals surface area contributed by atoms with Crippen molar-refractivity contribution in [1.82, 2.24) is 0 Å². The molecule has 0 atom stereocenters. The summed E-state index contributed by atoms with van der Waals surface area (Å²) < 4.78 is 4.77. The lowest BCUT2D eigenvalue weighted by atomic mass is 10.7. The first kappa shape index (κ1) is 5.25. The minimum atomic E-state index is 0.833. The Hall–Kier alpha value is 0.110. The van der Waals surface area contributed by atoms with Gasteiger partial charge >= 0.3 is 0 Å². The fourth-order valence-corrected chi connectivity index (χ4v) is 0.991. The molecule has 3 heteroatoms. The van der Waals surface area contributed by atoms with E-state index >= 15 is 0 Å². The first-order valence-electron chi connectivity index (χ1n) is 1.68. The van der Waals surface area contributed by atoms with Gasteiger partial charge in [0.15, 0.2) is 11.4 Å². The van der Waals surface area contributed by atoms with Crippen molar-refractivity contribution in [3.63, 3.8) is 0 Å². The van der Waals surface area contributed by atoms with Crippen LogP contribution < -0.4 is 0 Å². The predicted octanol–water partition coefficient (Wildman–Crippen LogP) is 2.48. The van der Waals surface area contributed by atoms with E-state index in [1.165, 1.54) is 10.2 Å². The lowest BCUT2D eigenvalue weighted by Gasteiger charge is -1.76. The van der Waals surface area contributed by atoms with E-state index in [1.807, 2.05) is 6.07 Å². The molecule has 0 saturated carbocycles. The third-order valence-corrected chi connectivity index (χ3v) is 1.85. The Morgan fingerprint density at radius 1 is 1.86 bits per heavy atom. The maximum absolute atomic E-state index is 4.77. The van der Waals surface area contributed by atoms with E-state index in [4.69, 9.17) is 4.42 Å². The first-order valence-corrected chi connectivity index (χ1v) is 4.34. The fourth-order valence-electron chi connectivity index (χ4n) is 0.270. The quantitative estimate of drug-likeness (QED) is 0.655. The summed E-state index contributed by atoms with van der Waals surface area (Å²) in [5, 5.41) is 0.833. The van der Waals surface area contributed by atoms with E-state index in [0.717, 1.165) is 5.09 Å². The minimum Gasteiger partial charge on any atom is -0.446 e. The van der Waals surface area contributed by atoms with Gasteiger partial charge in [0.2, 0.25) is 0 Å². The van der Waals surface area contributed by atoms with Gasteiger partial charge in [0.05, 0.1) is 0 Å². The molecule has 0 aliphatic carbocycles. The molecule has 1 radical (unpaired) electrons. The van der Waals surface area contributed by atoms with Gasteiger partial charge in [-0.3, -0.25) is 0 Å². The van der Waals surface area contributed by atoms with Crippen molar-refractivity contribution in [3.05, 3.63) is 18.4 Å². The van der Waals surface area contributed by atoms with Gasteiger partial charge in [-0.1, -0.05) is 0 Å². The molecule has 0 fully saturated rings. The van der Waals surface area contributed by atoms with Crippen LogP contribution in [0.5, 0.6) is 0 Å². The Morgan fingerprint density at radius 2 is 2.71 bits per heavy atom. The zero-order valence-electron chi connectivity index (χ0n) is 3.35. The Labute approximate surface area is 53.3 Å². The van der Waals surface area contributed by atoms with Crippen molar-refractivity contribution < 1.29 is 4.42 Å². The molecule has 0 aliphatic heterocycles. The largest absolute Gasteiger partial charge is 0.446 e. The highest BCUT2D eigenvalue weighted by molar-refractivity contribution is 9.50. The molecule has 1 rings (SSSR count). The van der Waals surface area contributed by atoms with Crippen LogP contribution in [0.4, 0.5) is 0 Å². The second-order valence-electron chi connectivity index (χ2n) is 0.949. The highest BCUT2D eigenvalue weighted by Crippen LogP contribution is 2.23. The van der Waals surface area contributed by atoms with E-state index in [2.05, 4.69) is 21.1 Å². The van der Waals surface area contributed by atoms with Crippen molar-refractivity contribution in [1.29, 1.82) is 0 Å². The zero-order chi connectivity index (χ0) is 5.11. The lowest BCUT2D eigenvalue weighted by Crippen LogP contribution is -1.43. The van der Waals surface area contributed by atoms with E-state index in [0.29, 0.717) is 0 Å². The maximum atomic E-state index is 4.77. The van der Waals surface area contributed by atoms with Crippen molar-refractivity contribution >= 4 is 25.0 Å². The molecule has 1 heterocycles. The molecule has 0 aromatic carbocycles. The average Bonchev–Trinajstić information content (AvgIpc) is 2.14. The van der Waals surface area contributed by atoms with Crippen LogP contribution in [0.1, 0.15) is 0 Å². The molecule has 0 bridgehead atoms. The van der Waals surface area contributed by atoms with Gasteiger partial charge in [0.25, 0.3) is 0 Å². The molecular formula is C4H2BrOS. The highest BCUT2D eigenvalue weighted by atomic mass is 79.9. The molecule has 0 N–H and O–H groups in total. The van der Waals surface area contributed by atoms with E-state index in [9.17, 15) is 0 Å². The SMILES string of the molecule is BrSc1cc[c]o1. The van der Waals surface area contributed by atoms with Crippen LogP contribution in [-0.4, -0.2) is 0 Å². The van der Waals surface area contributed by atoms with Crippen molar-refractivity contribution in [2.24, 2.45) is 0 Å². The van der Waals surface area contributed by atoms with Crippen LogP contribution in [0.2, 0.25) is 0 Å². The summed E-state index contributed by atoms with van der Waals surface area (Å²) in [5.41, 5.74) is 0. The summed E-state index contributed by atoms with van der Waals surface area (Å²) in [5.74, 6) is 0. The van der Waals surface area contributed by atoms with Gasteiger partial charge in [-0.2, -0.15) is 0 Å². The standard InChI is InChI=1S/C4H2BrOS/c5-7-4-2-1-3-6-4/h1-2H. The third kappa shape index (κ3) is 1.24. The van der Waals surface area contributed by atoms with Crippen LogP contribution in [0.25, 0.3) is 0 Å². The summed E-state index contributed by atoms with van der Waals surface area (Å²) in [4.78, 5) is 0. The highest BCUT2D eigenvalue weighted by Gasteiger charge is 1.88. The first-order chi connectivity index (χ1) is 3.43. The van der Waals surface area contributed by atoms with Gasteiger partial charge in [0, 0.05) is 0 Å². The van der Waals surface area contributed by atoms with Crippen LogP contribution in [0.15, 0.2) is 21.6 Å². The van der Waals surface area contributed by atoms with Crippen LogP contribution in [-0.2, 0) is 0 Å². The van der Waals surface area contributed by atoms with Crippen LogP contribution in [0.3, 0.4) is 0 Å². The van der Waals surface area contributed by atoms with Gasteiger partial charge in [-0.05, 0) is 37.1 Å². The summed E-state index contributed by atoms with van der Waals surface area (Å²) in [6.45, 7) is 0. The molecule has 1 aromatic rings. The Balaban J connectivity index is 2.76. The molecule has 37 valence electrons. The third-order valence-electron chi connectivity index (χ3n) is 0.523. The van der Waals surface area contributed by atoms with Gasteiger partial charge in [0.1, 0.15) is 0 Å². The predicted molar refractivity (Wildman–Crippen MR) is 32.3 cm³/mol. The number of halogens is 1. The summed E-state index contributed by atoms with van der Waals surface area (Å²) >= 11 is 3.14. The lowest BCUT2D eigenvalue weighted by molar-refractivity contribution is 0.468. The Morgan fingerprint density at radius 3 is 3.00 bits per heavy atom. The average molecular weight is 178 g/mol. The number of hydrogen-bond acceptors (Lipinski definition) is 2. The van der Waals surface area contributed by atoms with Crippen molar-refractivity contribution in [3.8, 4) is 0 Å². The zero-order valence-corrected chi connectivity index (χ0v) is 5.75. The second-order valence-corrected chi connectivity index (χ2v) is 2.48. The Bertz CT molecular complexity index is 126. The van der Waals surface area contributed by atoms with E-state index in [-0.39, 0.29) is 0 Å². The van der Waals surface area contributed by atoms with Gasteiger partial charge in [-0.15, -0.1) is 0 Å². The van der Waals surface area contributed by atoms with Crippen molar-refractivity contribution in [2.45, 2.75) is 5.09 Å². The maximum Gasteiger partial charge on any atom is 0.172 e. The monoisotopic (exact) mass is 177 g/mol. The minimum absolute atomic E-state index is 0.833. The fraction of sp³-hybridized carbons (Fsp3) is 0. The van der Waals surface area contributed by atoms with Gasteiger partial charge < -0.3 is 4.42 Å². The number of furan rings is 1. The van der Waals surface area contributed by atoms with Gasteiger partial charge in [-0.25, -0.2) is 0 Å². The normalized spacial score (nSPS) is 9.29. The molecule has 0 saturated heterocycles. The van der Waals surface area contributed by atoms with Crippen molar-refractivity contribution in [2.75, 3.05) is 0 Å². The summed E-state index contributed by atoms with van der Waals surface area (Å²) in [7, 11) is 1.39. The molecule has 1 nitrogen and oxygen atoms in total. The number of hydrogen-bond donors (Lipinski definition) is 0. The summed E-state index contributed by atoms with van der Waals surface area (Å²) in [6.07, 6.45) is 2.55. The summed E-state index contributed by atoms with van der Waals surface area (Å²) in [6, 6.07) is 3.56. The smallest absolute Gasteiger partial charge is 0.172 e. The van der Waals surface area contributed by atoms with Crippen LogP contribution in [0, 0.1) is 6.26 Å². The molecule has 7 heavy (non-hydrogen) atoms. The van der Waals surface area contributed by atoms with Crippen LogP contribution >= 0.6 is 25.0 Å². The second kappa shape index (κ2) is 2.43. The molecule has 1 aromatic heterocycles.